The lowest BCUT2D eigenvalue weighted by molar-refractivity contribution is -0.140. The number of aromatic carboxylic acids is 1. The van der Waals surface area contributed by atoms with Crippen molar-refractivity contribution >= 4 is 50.3 Å². The van der Waals surface area contributed by atoms with E-state index in [4.69, 9.17) is 9.84 Å². The highest BCUT2D eigenvalue weighted by atomic mass is 32.1. The van der Waals surface area contributed by atoms with Crippen LogP contribution in [0.4, 0.5) is 10.9 Å². The van der Waals surface area contributed by atoms with Crippen molar-refractivity contribution in [3.63, 3.8) is 0 Å². The zero-order valence-electron chi connectivity index (χ0n) is 26.6. The number of carboxylic acids is 1. The van der Waals surface area contributed by atoms with Crippen LogP contribution in [0.5, 0.6) is 0 Å². The summed E-state index contributed by atoms with van der Waals surface area (Å²) in [6, 6.07) is 17.1. The second-order valence-electron chi connectivity index (χ2n) is 11.6. The van der Waals surface area contributed by atoms with Crippen molar-refractivity contribution in [2.24, 2.45) is 0 Å². The number of para-hydroxylation sites is 1. The summed E-state index contributed by atoms with van der Waals surface area (Å²) in [5.74, 6) is -1.03. The van der Waals surface area contributed by atoms with Crippen molar-refractivity contribution in [1.82, 2.24) is 19.7 Å². The van der Waals surface area contributed by atoms with Crippen LogP contribution < -0.4 is 10.2 Å². The number of nitrogens with one attached hydrogen (secondary N) is 1. The molecule has 2 aromatic carbocycles. The Morgan fingerprint density at radius 2 is 1.83 bits per heavy atom. The van der Waals surface area contributed by atoms with Gasteiger partial charge in [-0.05, 0) is 74.6 Å². The van der Waals surface area contributed by atoms with Gasteiger partial charge in [0.25, 0.3) is 5.91 Å². The smallest absolute Gasteiger partial charge is 0.355 e. The Morgan fingerprint density at radius 1 is 1.00 bits per heavy atom. The number of amides is 1. The van der Waals surface area contributed by atoms with E-state index >= 15 is 0 Å². The number of unbranched alkanes of at least 4 members (excludes halogenated alkanes) is 2. The lowest BCUT2D eigenvalue weighted by Gasteiger charge is -2.31. The third-order valence-electron chi connectivity index (χ3n) is 8.57. The summed E-state index contributed by atoms with van der Waals surface area (Å²) >= 11 is 1.43. The Kier molecular flexibility index (Phi) is 9.30. The summed E-state index contributed by atoms with van der Waals surface area (Å²) in [6.07, 6.45) is 3.50. The van der Waals surface area contributed by atoms with Crippen molar-refractivity contribution in [3.8, 4) is 11.1 Å². The first-order chi connectivity index (χ1) is 22.7. The van der Waals surface area contributed by atoms with E-state index in [-0.39, 0.29) is 17.6 Å². The zero-order chi connectivity index (χ0) is 33.1. The molecule has 4 heterocycles. The standard InChI is InChI=1S/C35H36N6O5S/c1-21-31(22(2)41(39-21)18-8-4-5-14-30(42)46-3)25-15-16-29(37-32(25)34(44)45)40-19-17-23-10-9-11-24(26(23)20-40)33(43)38-35-36-27-12-6-7-13-28(27)47-35/h6-7,9-13,15-16H,4-5,8,14,17-20H2,1-3H3,(H,44,45)(H,36,38,43). The quantitative estimate of drug-likeness (QED) is 0.122. The monoisotopic (exact) mass is 652 g/mol. The molecular weight excluding hydrogens is 616 g/mol. The number of fused-ring (bicyclic) bond motifs is 2. The molecule has 1 aliphatic rings. The Labute approximate surface area is 276 Å². The Morgan fingerprint density at radius 3 is 2.62 bits per heavy atom. The number of hydrogen-bond donors (Lipinski definition) is 2. The van der Waals surface area contributed by atoms with Crippen LogP contribution in [0.3, 0.4) is 0 Å². The van der Waals surface area contributed by atoms with Crippen molar-refractivity contribution in [3.05, 3.63) is 88.4 Å². The number of hydrogen-bond acceptors (Lipinski definition) is 9. The van der Waals surface area contributed by atoms with Crippen LogP contribution in [0, 0.1) is 13.8 Å². The predicted octanol–water partition coefficient (Wildman–Crippen LogP) is 6.42. The fourth-order valence-electron chi connectivity index (χ4n) is 6.18. The summed E-state index contributed by atoms with van der Waals surface area (Å²) in [5.41, 5.74) is 6.19. The van der Waals surface area contributed by atoms with Crippen LogP contribution in [0.15, 0.2) is 54.6 Å². The molecule has 0 aliphatic carbocycles. The molecule has 0 unspecified atom stereocenters. The molecule has 5 aromatic rings. The molecule has 242 valence electrons. The van der Waals surface area contributed by atoms with Crippen molar-refractivity contribution < 1.29 is 24.2 Å². The molecule has 0 saturated carbocycles. The average molecular weight is 653 g/mol. The van der Waals surface area contributed by atoms with Gasteiger partial charge in [-0.1, -0.05) is 42.0 Å². The molecule has 11 nitrogen and oxygen atoms in total. The molecule has 6 rings (SSSR count). The van der Waals surface area contributed by atoms with Crippen LogP contribution >= 0.6 is 11.3 Å². The van der Waals surface area contributed by atoms with Gasteiger partial charge in [-0.15, -0.1) is 0 Å². The molecule has 12 heteroatoms. The van der Waals surface area contributed by atoms with Gasteiger partial charge < -0.3 is 14.7 Å². The first-order valence-corrected chi connectivity index (χ1v) is 16.4. The number of aryl methyl sites for hydroxylation is 2. The molecule has 0 bridgehead atoms. The van der Waals surface area contributed by atoms with Crippen molar-refractivity contribution in [1.29, 1.82) is 0 Å². The molecule has 47 heavy (non-hydrogen) atoms. The van der Waals surface area contributed by atoms with E-state index in [1.165, 1.54) is 18.4 Å². The molecular formula is C35H36N6O5S. The molecule has 1 amide bonds. The van der Waals surface area contributed by atoms with E-state index in [1.54, 1.807) is 0 Å². The number of pyridine rings is 1. The minimum Gasteiger partial charge on any atom is -0.476 e. The van der Waals surface area contributed by atoms with Gasteiger partial charge >= 0.3 is 11.9 Å². The minimum absolute atomic E-state index is 0.0426. The van der Waals surface area contributed by atoms with E-state index < -0.39 is 5.97 Å². The Hall–Kier alpha value is -5.10. The van der Waals surface area contributed by atoms with Crippen LogP contribution in [-0.4, -0.2) is 56.4 Å². The largest absolute Gasteiger partial charge is 0.476 e. The molecule has 0 atom stereocenters. The summed E-state index contributed by atoms with van der Waals surface area (Å²) in [7, 11) is 1.39. The van der Waals surface area contributed by atoms with Gasteiger partial charge in [0.15, 0.2) is 10.8 Å². The maximum Gasteiger partial charge on any atom is 0.355 e. The Balaban J connectivity index is 1.21. The van der Waals surface area contributed by atoms with Gasteiger partial charge in [-0.25, -0.2) is 14.8 Å². The van der Waals surface area contributed by atoms with E-state index in [2.05, 4.69) is 15.3 Å². The highest BCUT2D eigenvalue weighted by molar-refractivity contribution is 7.22. The first kappa shape index (κ1) is 31.9. The van der Waals surface area contributed by atoms with Crippen molar-refractivity contribution in [2.45, 2.75) is 59.0 Å². The van der Waals surface area contributed by atoms with Crippen molar-refractivity contribution in [2.75, 3.05) is 23.9 Å². The van der Waals surface area contributed by atoms with Crippen LogP contribution in [0.25, 0.3) is 21.3 Å². The first-order valence-electron chi connectivity index (χ1n) is 15.6. The number of thiazole rings is 1. The number of esters is 1. The second kappa shape index (κ2) is 13.7. The van der Waals surface area contributed by atoms with Gasteiger partial charge in [0.05, 0.1) is 23.0 Å². The number of carbonyl (C=O) groups excluding carboxylic acids is 2. The highest BCUT2D eigenvalue weighted by Gasteiger charge is 2.26. The van der Waals surface area contributed by atoms with E-state index in [0.29, 0.717) is 54.6 Å². The number of methoxy groups -OCH3 is 1. The van der Waals surface area contributed by atoms with Gasteiger partial charge in [0.1, 0.15) is 5.82 Å². The summed E-state index contributed by atoms with van der Waals surface area (Å²) < 4.78 is 7.60. The number of carbonyl (C=O) groups is 3. The maximum absolute atomic E-state index is 13.5. The summed E-state index contributed by atoms with van der Waals surface area (Å²) in [5, 5.41) is 18.5. The van der Waals surface area contributed by atoms with E-state index in [0.717, 1.165) is 57.6 Å². The number of ether oxygens (including phenoxy) is 1. The molecule has 0 radical (unpaired) electrons. The molecule has 2 N–H and O–H groups in total. The van der Waals surface area contributed by atoms with E-state index in [9.17, 15) is 19.5 Å². The average Bonchev–Trinajstić information content (AvgIpc) is 3.61. The highest BCUT2D eigenvalue weighted by Crippen LogP contribution is 2.33. The zero-order valence-corrected chi connectivity index (χ0v) is 27.4. The van der Waals surface area contributed by atoms with Crippen LogP contribution in [-0.2, 0) is 29.0 Å². The topological polar surface area (TPSA) is 140 Å². The molecule has 0 fully saturated rings. The van der Waals surface area contributed by atoms with Gasteiger partial charge in [0.2, 0.25) is 0 Å². The van der Waals surface area contributed by atoms with Gasteiger partial charge in [-0.2, -0.15) is 5.10 Å². The Bertz CT molecular complexity index is 1950. The lowest BCUT2D eigenvalue weighted by Crippen LogP contribution is -2.33. The SMILES string of the molecule is COC(=O)CCCCCn1nc(C)c(-c2ccc(N3CCc4cccc(C(=O)Nc5nc6ccccc6s5)c4C3)nc2C(=O)O)c1C. The third-order valence-corrected chi connectivity index (χ3v) is 9.52. The molecule has 0 saturated heterocycles. The number of nitrogens with zero attached hydrogens (tertiary/aromatic N) is 5. The molecule has 3 aromatic heterocycles. The maximum atomic E-state index is 13.5. The number of benzene rings is 2. The second-order valence-corrected chi connectivity index (χ2v) is 12.6. The summed E-state index contributed by atoms with van der Waals surface area (Å²) in [4.78, 5) is 48.6. The van der Waals surface area contributed by atoms with E-state index in [1.807, 2.05) is 78.0 Å². The number of rotatable bonds is 11. The summed E-state index contributed by atoms with van der Waals surface area (Å²) in [6.45, 7) is 5.51. The third kappa shape index (κ3) is 6.73. The van der Waals surface area contributed by atoms with Gasteiger partial charge in [-0.3, -0.25) is 19.6 Å². The fraction of sp³-hybridized carbons (Fsp3) is 0.314. The van der Waals surface area contributed by atoms with Crippen LogP contribution in [0.2, 0.25) is 0 Å². The molecule has 0 spiro atoms. The normalized spacial score (nSPS) is 12.6. The molecule has 1 aliphatic heterocycles. The minimum atomic E-state index is -1.12. The fourth-order valence-corrected chi connectivity index (χ4v) is 7.04. The number of carboxylic acid groups (broad SMARTS) is 1. The van der Waals surface area contributed by atoms with Gasteiger partial charge in [0, 0.05) is 48.4 Å². The van der Waals surface area contributed by atoms with Crippen LogP contribution in [0.1, 0.15) is 69.0 Å². The lowest BCUT2D eigenvalue weighted by atomic mass is 9.94. The predicted molar refractivity (Wildman–Crippen MR) is 181 cm³/mol. The number of anilines is 2. The number of aromatic nitrogens is 4.